The average Bonchev–Trinajstić information content (AvgIpc) is 3.32. The van der Waals surface area contributed by atoms with Crippen LogP contribution in [0.3, 0.4) is 0 Å². The standard InChI is InChI=1S/C14H22N2O2S2/c1-15-7-12-6-13(9-19-12)20(17,18)16-8-14(10-2-3-10)11-4-5-11/h6,9-11,14-16H,2-5,7-8H2,1H3. The Hall–Kier alpha value is -0.430. The van der Waals surface area contributed by atoms with Crippen molar-refractivity contribution < 1.29 is 8.42 Å². The Kier molecular flexibility index (Phi) is 4.17. The van der Waals surface area contributed by atoms with Crippen molar-refractivity contribution in [1.29, 1.82) is 0 Å². The van der Waals surface area contributed by atoms with Crippen LogP contribution in [0.1, 0.15) is 30.6 Å². The zero-order chi connectivity index (χ0) is 14.2. The van der Waals surface area contributed by atoms with E-state index < -0.39 is 10.0 Å². The summed E-state index contributed by atoms with van der Waals surface area (Å²) in [6.07, 6.45) is 5.14. The molecule has 0 aliphatic heterocycles. The molecule has 20 heavy (non-hydrogen) atoms. The number of thiophene rings is 1. The zero-order valence-electron chi connectivity index (χ0n) is 11.8. The Labute approximate surface area is 125 Å². The van der Waals surface area contributed by atoms with Gasteiger partial charge in [0.15, 0.2) is 0 Å². The minimum Gasteiger partial charge on any atom is -0.315 e. The predicted molar refractivity (Wildman–Crippen MR) is 81.2 cm³/mol. The fourth-order valence-electron chi connectivity index (χ4n) is 2.82. The fourth-order valence-corrected chi connectivity index (χ4v) is 5.18. The average molecular weight is 314 g/mol. The molecule has 1 aromatic rings. The Bertz CT molecular complexity index is 547. The molecule has 3 rings (SSSR count). The van der Waals surface area contributed by atoms with Crippen LogP contribution >= 0.6 is 11.3 Å². The molecule has 0 atom stereocenters. The lowest BCUT2D eigenvalue weighted by molar-refractivity contribution is 0.401. The second-order valence-corrected chi connectivity index (χ2v) is 8.73. The van der Waals surface area contributed by atoms with E-state index in [0.29, 0.717) is 23.9 Å². The van der Waals surface area contributed by atoms with Gasteiger partial charge in [-0.2, -0.15) is 0 Å². The summed E-state index contributed by atoms with van der Waals surface area (Å²) in [5.41, 5.74) is 0. The second kappa shape index (κ2) is 5.75. The SMILES string of the molecule is CNCc1cc(S(=O)(=O)NCC(C2CC2)C2CC2)cs1. The lowest BCUT2D eigenvalue weighted by Crippen LogP contribution is -2.31. The first-order valence-corrected chi connectivity index (χ1v) is 9.68. The Balaban J connectivity index is 1.61. The lowest BCUT2D eigenvalue weighted by Gasteiger charge is -2.15. The Morgan fingerprint density at radius 3 is 2.50 bits per heavy atom. The van der Waals surface area contributed by atoms with E-state index >= 15 is 0 Å². The van der Waals surface area contributed by atoms with E-state index in [2.05, 4.69) is 10.0 Å². The highest BCUT2D eigenvalue weighted by molar-refractivity contribution is 7.89. The number of sulfonamides is 1. The normalized spacial score (nSPS) is 19.7. The molecular weight excluding hydrogens is 292 g/mol. The topological polar surface area (TPSA) is 58.2 Å². The van der Waals surface area contributed by atoms with Gasteiger partial charge < -0.3 is 5.32 Å². The summed E-state index contributed by atoms with van der Waals surface area (Å²) in [6.45, 7) is 1.34. The maximum atomic E-state index is 12.3. The first kappa shape index (κ1) is 14.5. The van der Waals surface area contributed by atoms with Gasteiger partial charge >= 0.3 is 0 Å². The van der Waals surface area contributed by atoms with Crippen LogP contribution in [-0.4, -0.2) is 22.0 Å². The summed E-state index contributed by atoms with van der Waals surface area (Å²) in [4.78, 5) is 1.46. The third-order valence-corrected chi connectivity index (χ3v) is 6.74. The van der Waals surface area contributed by atoms with Gasteiger partial charge in [-0.3, -0.25) is 0 Å². The summed E-state index contributed by atoms with van der Waals surface area (Å²) >= 11 is 1.49. The molecule has 2 fully saturated rings. The van der Waals surface area contributed by atoms with Gasteiger partial charge in [-0.1, -0.05) is 0 Å². The molecule has 0 amide bonds. The van der Waals surface area contributed by atoms with Gasteiger partial charge in [-0.25, -0.2) is 13.1 Å². The molecule has 0 aromatic carbocycles. The van der Waals surface area contributed by atoms with Crippen molar-refractivity contribution in [2.24, 2.45) is 17.8 Å². The second-order valence-electron chi connectivity index (χ2n) is 5.97. The molecule has 0 radical (unpaired) electrons. The molecule has 0 bridgehead atoms. The minimum absolute atomic E-state index is 0.415. The lowest BCUT2D eigenvalue weighted by atomic mass is 9.99. The van der Waals surface area contributed by atoms with E-state index in [1.165, 1.54) is 37.0 Å². The zero-order valence-corrected chi connectivity index (χ0v) is 13.4. The van der Waals surface area contributed by atoms with E-state index in [9.17, 15) is 8.42 Å². The van der Waals surface area contributed by atoms with Gasteiger partial charge in [0, 0.05) is 23.3 Å². The van der Waals surface area contributed by atoms with Crippen molar-refractivity contribution in [3.05, 3.63) is 16.3 Å². The molecule has 1 aromatic heterocycles. The van der Waals surface area contributed by atoms with Crippen molar-refractivity contribution in [3.63, 3.8) is 0 Å². The quantitative estimate of drug-likeness (QED) is 0.773. The van der Waals surface area contributed by atoms with Crippen LogP contribution in [0.25, 0.3) is 0 Å². The van der Waals surface area contributed by atoms with Crippen molar-refractivity contribution in [2.75, 3.05) is 13.6 Å². The van der Waals surface area contributed by atoms with Crippen LogP contribution < -0.4 is 10.0 Å². The minimum atomic E-state index is -3.33. The van der Waals surface area contributed by atoms with Crippen LogP contribution in [-0.2, 0) is 16.6 Å². The van der Waals surface area contributed by atoms with E-state index in [0.717, 1.165) is 16.7 Å². The molecule has 1 heterocycles. The molecule has 4 nitrogen and oxygen atoms in total. The van der Waals surface area contributed by atoms with Gasteiger partial charge in [0.05, 0.1) is 4.90 Å². The van der Waals surface area contributed by atoms with Crippen LogP contribution in [0.4, 0.5) is 0 Å². The maximum absolute atomic E-state index is 12.3. The monoisotopic (exact) mass is 314 g/mol. The molecule has 2 saturated carbocycles. The van der Waals surface area contributed by atoms with Crippen LogP contribution in [0, 0.1) is 17.8 Å². The molecule has 2 aliphatic rings. The van der Waals surface area contributed by atoms with Gasteiger partial charge in [0.2, 0.25) is 10.0 Å². The van der Waals surface area contributed by atoms with E-state index in [4.69, 9.17) is 0 Å². The van der Waals surface area contributed by atoms with Crippen LogP contribution in [0.2, 0.25) is 0 Å². The number of hydrogen-bond donors (Lipinski definition) is 2. The highest BCUT2D eigenvalue weighted by atomic mass is 32.2. The molecule has 112 valence electrons. The summed E-state index contributed by atoms with van der Waals surface area (Å²) in [7, 11) is -1.47. The van der Waals surface area contributed by atoms with E-state index in [-0.39, 0.29) is 0 Å². The van der Waals surface area contributed by atoms with Gasteiger partial charge in [0.1, 0.15) is 0 Å². The Morgan fingerprint density at radius 1 is 1.30 bits per heavy atom. The summed E-state index contributed by atoms with van der Waals surface area (Å²) in [5, 5.41) is 4.77. The summed E-state index contributed by atoms with van der Waals surface area (Å²) < 4.78 is 27.5. The predicted octanol–water partition coefficient (Wildman–Crippen LogP) is 2.18. The molecular formula is C14H22N2O2S2. The number of rotatable bonds is 8. The molecule has 6 heteroatoms. The number of nitrogens with one attached hydrogen (secondary N) is 2. The molecule has 0 spiro atoms. The summed E-state index contributed by atoms with van der Waals surface area (Å²) in [5.74, 6) is 2.11. The maximum Gasteiger partial charge on any atom is 0.241 e. The third-order valence-electron chi connectivity index (χ3n) is 4.26. The Morgan fingerprint density at radius 2 is 1.95 bits per heavy atom. The first-order valence-electron chi connectivity index (χ1n) is 7.32. The van der Waals surface area contributed by atoms with Crippen molar-refractivity contribution >= 4 is 21.4 Å². The molecule has 0 unspecified atom stereocenters. The number of hydrogen-bond acceptors (Lipinski definition) is 4. The largest absolute Gasteiger partial charge is 0.315 e. The third kappa shape index (κ3) is 3.42. The van der Waals surface area contributed by atoms with Crippen molar-refractivity contribution in [2.45, 2.75) is 37.1 Å². The van der Waals surface area contributed by atoms with Crippen molar-refractivity contribution in [1.82, 2.24) is 10.0 Å². The van der Waals surface area contributed by atoms with Gasteiger partial charge in [-0.15, -0.1) is 11.3 Å². The van der Waals surface area contributed by atoms with Crippen LogP contribution in [0.5, 0.6) is 0 Å². The van der Waals surface area contributed by atoms with E-state index in [1.54, 1.807) is 11.4 Å². The van der Waals surface area contributed by atoms with E-state index in [1.807, 2.05) is 7.05 Å². The highest BCUT2D eigenvalue weighted by Crippen LogP contribution is 2.48. The van der Waals surface area contributed by atoms with Crippen molar-refractivity contribution in [3.8, 4) is 0 Å². The van der Waals surface area contributed by atoms with Gasteiger partial charge in [0.25, 0.3) is 0 Å². The summed E-state index contributed by atoms with van der Waals surface area (Å²) in [6, 6.07) is 1.77. The first-order chi connectivity index (χ1) is 9.60. The fraction of sp³-hybridized carbons (Fsp3) is 0.714. The molecule has 2 N–H and O–H groups in total. The highest BCUT2D eigenvalue weighted by Gasteiger charge is 2.41. The smallest absolute Gasteiger partial charge is 0.241 e. The molecule has 2 aliphatic carbocycles. The molecule has 0 saturated heterocycles. The van der Waals surface area contributed by atoms with Gasteiger partial charge in [-0.05, 0) is 56.6 Å². The van der Waals surface area contributed by atoms with Crippen LogP contribution in [0.15, 0.2) is 16.3 Å².